The minimum atomic E-state index is -0.265. The number of phenols is 1. The van der Waals surface area contributed by atoms with Gasteiger partial charge in [-0.3, -0.25) is 4.79 Å². The first-order valence-corrected chi connectivity index (χ1v) is 8.35. The molecule has 0 radical (unpaired) electrons. The van der Waals surface area contributed by atoms with Crippen molar-refractivity contribution < 1.29 is 15.0 Å². The van der Waals surface area contributed by atoms with Crippen LogP contribution in [-0.2, 0) is 15.6 Å². The van der Waals surface area contributed by atoms with E-state index in [2.05, 4.69) is 41.5 Å². The van der Waals surface area contributed by atoms with Crippen LogP contribution in [0.3, 0.4) is 0 Å². The molecule has 0 saturated carbocycles. The second kappa shape index (κ2) is 7.84. The number of aromatic hydroxyl groups is 1. The number of nitrogens with zero attached hydrogens (tertiary/aromatic N) is 1. The highest BCUT2D eigenvalue weighted by molar-refractivity contribution is 5.59. The number of carbonyl (C=O) groups excluding carboxylic acids is 1. The van der Waals surface area contributed by atoms with Gasteiger partial charge in [0.1, 0.15) is 12.5 Å². The highest BCUT2D eigenvalue weighted by atomic mass is 16.3. The van der Waals surface area contributed by atoms with Crippen LogP contribution in [0.25, 0.3) is 6.08 Å². The van der Waals surface area contributed by atoms with Crippen molar-refractivity contribution in [2.45, 2.75) is 58.8 Å². The highest BCUT2D eigenvalue weighted by Gasteiger charge is 2.26. The van der Waals surface area contributed by atoms with Gasteiger partial charge in [-0.05, 0) is 34.9 Å². The lowest BCUT2D eigenvalue weighted by molar-refractivity contribution is -0.121. The molecule has 0 aliphatic carbocycles. The van der Waals surface area contributed by atoms with Crippen LogP contribution in [0.1, 0.15) is 64.7 Å². The van der Waals surface area contributed by atoms with Crippen molar-refractivity contribution in [2.24, 2.45) is 0 Å². The fourth-order valence-corrected chi connectivity index (χ4v) is 2.51. The number of rotatable bonds is 6. The summed E-state index contributed by atoms with van der Waals surface area (Å²) < 4.78 is 0. The molecule has 0 aliphatic rings. The molecule has 0 aromatic heterocycles. The molecular formula is C20H31NO3. The summed E-state index contributed by atoms with van der Waals surface area (Å²) >= 11 is 0. The van der Waals surface area contributed by atoms with E-state index in [1.165, 1.54) is 4.90 Å². The number of aliphatic hydroxyl groups excluding tert-OH is 1. The summed E-state index contributed by atoms with van der Waals surface area (Å²) in [5.41, 5.74) is 2.58. The monoisotopic (exact) mass is 333 g/mol. The molecule has 0 aliphatic heterocycles. The topological polar surface area (TPSA) is 60.8 Å². The van der Waals surface area contributed by atoms with Gasteiger partial charge in [-0.2, -0.15) is 0 Å². The second-order valence-electron chi connectivity index (χ2n) is 8.21. The molecule has 0 spiro atoms. The lowest BCUT2D eigenvalue weighted by atomic mass is 9.78. The molecule has 0 saturated heterocycles. The normalized spacial score (nSPS) is 12.6. The van der Waals surface area contributed by atoms with Crippen molar-refractivity contribution in [2.75, 3.05) is 13.3 Å². The van der Waals surface area contributed by atoms with Gasteiger partial charge in [0, 0.05) is 17.7 Å². The summed E-state index contributed by atoms with van der Waals surface area (Å²) in [6.07, 6.45) is 5.29. The number of aliphatic hydroxyl groups is 1. The SMILES string of the molecule is CC(C)(C)c1cc(/C=C\CCN(C=O)CO)cc(C(C)(C)C)c1O. The Morgan fingerprint density at radius 1 is 1.04 bits per heavy atom. The lowest BCUT2D eigenvalue weighted by Gasteiger charge is -2.27. The molecule has 0 heterocycles. The van der Waals surface area contributed by atoms with E-state index in [1.54, 1.807) is 0 Å². The summed E-state index contributed by atoms with van der Waals surface area (Å²) in [6.45, 7) is 12.7. The number of hydrogen-bond acceptors (Lipinski definition) is 3. The van der Waals surface area contributed by atoms with Crippen molar-refractivity contribution in [3.63, 3.8) is 0 Å². The molecule has 1 amide bonds. The Kier molecular flexibility index (Phi) is 6.61. The van der Waals surface area contributed by atoms with Gasteiger partial charge in [-0.1, -0.05) is 53.7 Å². The molecule has 4 heteroatoms. The first kappa shape index (κ1) is 20.2. The predicted molar refractivity (Wildman–Crippen MR) is 99.0 cm³/mol. The van der Waals surface area contributed by atoms with E-state index in [0.29, 0.717) is 25.1 Å². The summed E-state index contributed by atoms with van der Waals surface area (Å²) in [5, 5.41) is 19.7. The number of carbonyl (C=O) groups is 1. The quantitative estimate of drug-likeness (QED) is 0.615. The van der Waals surface area contributed by atoms with Crippen LogP contribution < -0.4 is 0 Å². The molecule has 2 N–H and O–H groups in total. The van der Waals surface area contributed by atoms with Crippen molar-refractivity contribution in [1.29, 1.82) is 0 Å². The van der Waals surface area contributed by atoms with Gasteiger partial charge in [0.2, 0.25) is 6.41 Å². The minimum absolute atomic E-state index is 0.154. The van der Waals surface area contributed by atoms with Crippen LogP contribution in [0.2, 0.25) is 0 Å². The summed E-state index contributed by atoms with van der Waals surface area (Å²) in [5.74, 6) is 0.375. The Hall–Kier alpha value is -1.81. The molecule has 1 rings (SSSR count). The fraction of sp³-hybridized carbons (Fsp3) is 0.550. The van der Waals surface area contributed by atoms with E-state index in [-0.39, 0.29) is 17.6 Å². The third kappa shape index (κ3) is 5.38. The first-order chi connectivity index (χ1) is 11.0. The van der Waals surface area contributed by atoms with Gasteiger partial charge in [0.05, 0.1) is 0 Å². The van der Waals surface area contributed by atoms with Gasteiger partial charge in [-0.25, -0.2) is 0 Å². The van der Waals surface area contributed by atoms with Gasteiger partial charge >= 0.3 is 0 Å². The smallest absolute Gasteiger partial charge is 0.211 e. The molecule has 4 nitrogen and oxygen atoms in total. The van der Waals surface area contributed by atoms with E-state index >= 15 is 0 Å². The maximum Gasteiger partial charge on any atom is 0.211 e. The summed E-state index contributed by atoms with van der Waals surface area (Å²) in [6, 6.07) is 4.04. The number of hydrogen-bond donors (Lipinski definition) is 2. The molecule has 0 bridgehead atoms. The molecule has 0 atom stereocenters. The lowest BCUT2D eigenvalue weighted by Crippen LogP contribution is -2.23. The standard InChI is InChI=1S/C20H31NO3/c1-19(2,3)16-11-15(9-7-8-10-21(13-22)14-23)12-17(18(16)24)20(4,5)6/h7,9,11-13,23-24H,8,10,14H2,1-6H3/b9-7-. The average molecular weight is 333 g/mol. The van der Waals surface area contributed by atoms with Crippen LogP contribution in [0.5, 0.6) is 5.75 Å². The van der Waals surface area contributed by atoms with Crippen molar-refractivity contribution in [3.8, 4) is 5.75 Å². The van der Waals surface area contributed by atoms with Gasteiger partial charge < -0.3 is 15.1 Å². The summed E-state index contributed by atoms with van der Waals surface area (Å²) in [7, 11) is 0. The van der Waals surface area contributed by atoms with Crippen molar-refractivity contribution in [1.82, 2.24) is 4.90 Å². The van der Waals surface area contributed by atoms with Crippen LogP contribution in [-0.4, -0.2) is 34.8 Å². The van der Waals surface area contributed by atoms with E-state index < -0.39 is 0 Å². The summed E-state index contributed by atoms with van der Waals surface area (Å²) in [4.78, 5) is 12.0. The third-order valence-electron chi connectivity index (χ3n) is 3.97. The molecule has 0 unspecified atom stereocenters. The molecule has 1 aromatic rings. The van der Waals surface area contributed by atoms with Crippen LogP contribution in [0.4, 0.5) is 0 Å². The molecule has 24 heavy (non-hydrogen) atoms. The predicted octanol–water partition coefficient (Wildman–Crippen LogP) is 3.80. The Morgan fingerprint density at radius 2 is 1.54 bits per heavy atom. The van der Waals surface area contributed by atoms with E-state index in [4.69, 9.17) is 5.11 Å². The Morgan fingerprint density at radius 3 is 1.92 bits per heavy atom. The molecular weight excluding hydrogens is 302 g/mol. The molecule has 1 aromatic carbocycles. The molecule has 134 valence electrons. The van der Waals surface area contributed by atoms with Gasteiger partial charge in [0.25, 0.3) is 0 Å². The van der Waals surface area contributed by atoms with Crippen molar-refractivity contribution in [3.05, 3.63) is 34.9 Å². The van der Waals surface area contributed by atoms with E-state index in [0.717, 1.165) is 16.7 Å². The third-order valence-corrected chi connectivity index (χ3v) is 3.97. The second-order valence-corrected chi connectivity index (χ2v) is 8.21. The fourth-order valence-electron chi connectivity index (χ4n) is 2.51. The van der Waals surface area contributed by atoms with E-state index in [1.807, 2.05) is 24.3 Å². The zero-order valence-corrected chi connectivity index (χ0v) is 15.8. The van der Waals surface area contributed by atoms with Crippen molar-refractivity contribution >= 4 is 12.5 Å². The Balaban J connectivity index is 3.13. The zero-order valence-electron chi connectivity index (χ0n) is 15.8. The van der Waals surface area contributed by atoms with Gasteiger partial charge in [-0.15, -0.1) is 0 Å². The average Bonchev–Trinajstić information content (AvgIpc) is 2.46. The zero-order chi connectivity index (χ0) is 18.5. The maximum atomic E-state index is 10.7. The maximum absolute atomic E-state index is 10.7. The number of phenolic OH excluding ortho intramolecular Hbond substituents is 1. The number of benzene rings is 1. The van der Waals surface area contributed by atoms with E-state index in [9.17, 15) is 9.90 Å². The van der Waals surface area contributed by atoms with Gasteiger partial charge in [0.15, 0.2) is 0 Å². The largest absolute Gasteiger partial charge is 0.507 e. The van der Waals surface area contributed by atoms with Crippen LogP contribution in [0.15, 0.2) is 18.2 Å². The van der Waals surface area contributed by atoms with Crippen LogP contribution in [0, 0.1) is 0 Å². The Bertz CT molecular complexity index is 557. The molecule has 0 fully saturated rings. The number of amides is 1. The minimum Gasteiger partial charge on any atom is -0.507 e. The Labute approximate surface area is 145 Å². The highest BCUT2D eigenvalue weighted by Crippen LogP contribution is 2.39. The first-order valence-electron chi connectivity index (χ1n) is 8.35. The van der Waals surface area contributed by atoms with Crippen LogP contribution >= 0.6 is 0 Å².